The van der Waals surface area contributed by atoms with Crippen LogP contribution in [-0.2, 0) is 0 Å². The number of likely N-dealkylation sites (tertiary alicyclic amines) is 1. The molecule has 0 aromatic carbocycles. The van der Waals surface area contributed by atoms with Crippen molar-refractivity contribution in [1.82, 2.24) is 4.90 Å². The fourth-order valence-corrected chi connectivity index (χ4v) is 1.51. The summed E-state index contributed by atoms with van der Waals surface area (Å²) in [5.74, 6) is 0. The van der Waals surface area contributed by atoms with Gasteiger partial charge in [0.1, 0.15) is 5.67 Å². The summed E-state index contributed by atoms with van der Waals surface area (Å²) in [7, 11) is 1.97. The van der Waals surface area contributed by atoms with Gasteiger partial charge in [0.05, 0.1) is 0 Å². The molecule has 1 nitrogen and oxygen atoms in total. The highest BCUT2D eigenvalue weighted by atomic mass is 19.1. The maximum Gasteiger partial charge on any atom is 0.122 e. The molecule has 1 aliphatic rings. The predicted octanol–water partition coefficient (Wildman–Crippen LogP) is 1.44. The van der Waals surface area contributed by atoms with E-state index in [0.29, 0.717) is 19.0 Å². The molecule has 2 heteroatoms. The molecule has 0 aromatic rings. The Morgan fingerprint density at radius 3 is 2.33 bits per heavy atom. The second-order valence-electron chi connectivity index (χ2n) is 3.38. The molecule has 0 spiro atoms. The van der Waals surface area contributed by atoms with Crippen molar-refractivity contribution in [2.24, 2.45) is 0 Å². The average molecular weight is 131 g/mol. The molecule has 0 radical (unpaired) electrons. The fraction of sp³-hybridized carbons (Fsp3) is 1.00. The van der Waals surface area contributed by atoms with Gasteiger partial charge in [0.25, 0.3) is 0 Å². The van der Waals surface area contributed by atoms with E-state index in [1.165, 1.54) is 0 Å². The first kappa shape index (κ1) is 7.00. The maximum atomic E-state index is 13.1. The van der Waals surface area contributed by atoms with Gasteiger partial charge in [-0.05, 0) is 27.3 Å². The molecule has 0 bridgehead atoms. The molecule has 54 valence electrons. The first-order valence-corrected chi connectivity index (χ1v) is 3.40. The van der Waals surface area contributed by atoms with Crippen molar-refractivity contribution in [1.29, 1.82) is 0 Å². The number of halogens is 1. The van der Waals surface area contributed by atoms with E-state index in [1.54, 1.807) is 6.92 Å². The van der Waals surface area contributed by atoms with Gasteiger partial charge < -0.3 is 4.90 Å². The maximum absolute atomic E-state index is 13.1. The Kier molecular flexibility index (Phi) is 1.51. The lowest BCUT2D eigenvalue weighted by Crippen LogP contribution is -2.24. The summed E-state index contributed by atoms with van der Waals surface area (Å²) < 4.78 is 13.1. The molecule has 1 heterocycles. The Bertz CT molecular complexity index is 99.5. The molecule has 0 aliphatic carbocycles. The van der Waals surface area contributed by atoms with Crippen LogP contribution in [0.15, 0.2) is 0 Å². The highest BCUT2D eigenvalue weighted by Crippen LogP contribution is 2.28. The van der Waals surface area contributed by atoms with Gasteiger partial charge in [-0.25, -0.2) is 4.39 Å². The van der Waals surface area contributed by atoms with E-state index in [9.17, 15) is 4.39 Å². The Balaban J connectivity index is 2.54. The van der Waals surface area contributed by atoms with Gasteiger partial charge in [-0.3, -0.25) is 0 Å². The molecule has 1 rings (SSSR count). The second-order valence-corrected chi connectivity index (χ2v) is 3.38. The quantitative estimate of drug-likeness (QED) is 0.481. The molecule has 0 saturated carbocycles. The molecule has 1 fully saturated rings. The minimum Gasteiger partial charge on any atom is -0.300 e. The van der Waals surface area contributed by atoms with Crippen LogP contribution >= 0.6 is 0 Å². The van der Waals surface area contributed by atoms with Crippen LogP contribution in [0.2, 0.25) is 0 Å². The van der Waals surface area contributed by atoms with Crippen molar-refractivity contribution >= 4 is 0 Å². The van der Waals surface area contributed by atoms with E-state index in [2.05, 4.69) is 11.8 Å². The lowest BCUT2D eigenvalue weighted by Gasteiger charge is -2.12. The van der Waals surface area contributed by atoms with Crippen LogP contribution < -0.4 is 0 Å². The van der Waals surface area contributed by atoms with E-state index in [1.807, 2.05) is 7.05 Å². The average Bonchev–Trinajstić information content (AvgIpc) is 1.79. The second kappa shape index (κ2) is 1.94. The summed E-state index contributed by atoms with van der Waals surface area (Å²) >= 11 is 0. The van der Waals surface area contributed by atoms with Gasteiger partial charge in [-0.1, -0.05) is 0 Å². The van der Waals surface area contributed by atoms with E-state index >= 15 is 0 Å². The number of alkyl halides is 1. The standard InChI is InChI=1S/C7H14FN/c1-6-4-7(2,8)5-9(6)3/h6H,4-5H2,1-3H3/t6-,7-/m1/s1. The van der Waals surface area contributed by atoms with Crippen LogP contribution in [0.25, 0.3) is 0 Å². The minimum absolute atomic E-state index is 0.417. The molecule has 0 amide bonds. The zero-order valence-electron chi connectivity index (χ0n) is 6.32. The first-order valence-electron chi connectivity index (χ1n) is 3.40. The predicted molar refractivity (Wildman–Crippen MR) is 36.2 cm³/mol. The Labute approximate surface area is 55.8 Å². The van der Waals surface area contributed by atoms with Crippen molar-refractivity contribution < 1.29 is 4.39 Å². The largest absolute Gasteiger partial charge is 0.300 e. The molecular formula is C7H14FN. The van der Waals surface area contributed by atoms with Gasteiger partial charge in [-0.2, -0.15) is 0 Å². The van der Waals surface area contributed by atoms with Crippen LogP contribution in [-0.4, -0.2) is 30.2 Å². The van der Waals surface area contributed by atoms with Crippen molar-refractivity contribution in [3.63, 3.8) is 0 Å². The van der Waals surface area contributed by atoms with Gasteiger partial charge in [0, 0.05) is 12.6 Å². The highest BCUT2D eigenvalue weighted by Gasteiger charge is 2.36. The van der Waals surface area contributed by atoms with Crippen LogP contribution in [0.3, 0.4) is 0 Å². The van der Waals surface area contributed by atoms with Crippen LogP contribution in [0.5, 0.6) is 0 Å². The summed E-state index contributed by atoms with van der Waals surface area (Å²) in [6.45, 7) is 4.33. The summed E-state index contributed by atoms with van der Waals surface area (Å²) in [5, 5.41) is 0. The molecule has 0 aromatic heterocycles. The summed E-state index contributed by atoms with van der Waals surface area (Å²) in [6.07, 6.45) is 0.684. The molecule has 1 saturated heterocycles. The van der Waals surface area contributed by atoms with Gasteiger partial charge >= 0.3 is 0 Å². The third kappa shape index (κ3) is 1.42. The van der Waals surface area contributed by atoms with E-state index < -0.39 is 5.67 Å². The molecule has 0 unspecified atom stereocenters. The normalized spacial score (nSPS) is 46.0. The van der Waals surface area contributed by atoms with Crippen LogP contribution in [0.1, 0.15) is 20.3 Å². The van der Waals surface area contributed by atoms with E-state index in [4.69, 9.17) is 0 Å². The zero-order chi connectivity index (χ0) is 7.07. The molecule has 0 N–H and O–H groups in total. The van der Waals surface area contributed by atoms with Crippen molar-refractivity contribution in [3.8, 4) is 0 Å². The van der Waals surface area contributed by atoms with Crippen LogP contribution in [0, 0.1) is 0 Å². The van der Waals surface area contributed by atoms with Gasteiger partial charge in [0.15, 0.2) is 0 Å². The molecule has 1 aliphatic heterocycles. The third-order valence-corrected chi connectivity index (χ3v) is 2.05. The number of nitrogens with zero attached hydrogens (tertiary/aromatic N) is 1. The SMILES string of the molecule is C[C@@H]1C[C@@](C)(F)CN1C. The van der Waals surface area contributed by atoms with E-state index in [0.717, 1.165) is 0 Å². The summed E-state index contributed by atoms with van der Waals surface area (Å²) in [5.41, 5.74) is -0.936. The molecular weight excluding hydrogens is 117 g/mol. The Morgan fingerprint density at radius 1 is 1.67 bits per heavy atom. The summed E-state index contributed by atoms with van der Waals surface area (Å²) in [6, 6.07) is 0.417. The topological polar surface area (TPSA) is 3.24 Å². The van der Waals surface area contributed by atoms with E-state index in [-0.39, 0.29) is 0 Å². The van der Waals surface area contributed by atoms with Crippen molar-refractivity contribution in [2.45, 2.75) is 32.0 Å². The van der Waals surface area contributed by atoms with Gasteiger partial charge in [0.2, 0.25) is 0 Å². The smallest absolute Gasteiger partial charge is 0.122 e. The van der Waals surface area contributed by atoms with Crippen LogP contribution in [0.4, 0.5) is 4.39 Å². The van der Waals surface area contributed by atoms with Crippen molar-refractivity contribution in [3.05, 3.63) is 0 Å². The third-order valence-electron chi connectivity index (χ3n) is 2.05. The first-order chi connectivity index (χ1) is 4.01. The van der Waals surface area contributed by atoms with Gasteiger partial charge in [-0.15, -0.1) is 0 Å². The molecule has 2 atom stereocenters. The lowest BCUT2D eigenvalue weighted by atomic mass is 10.1. The fourth-order valence-electron chi connectivity index (χ4n) is 1.51. The summed E-state index contributed by atoms with van der Waals surface area (Å²) in [4.78, 5) is 2.06. The minimum atomic E-state index is -0.936. The number of hydrogen-bond acceptors (Lipinski definition) is 1. The number of rotatable bonds is 0. The monoisotopic (exact) mass is 131 g/mol. The zero-order valence-corrected chi connectivity index (χ0v) is 6.32. The number of hydrogen-bond donors (Lipinski definition) is 0. The Hall–Kier alpha value is -0.110. The highest BCUT2D eigenvalue weighted by molar-refractivity contribution is 4.89. The van der Waals surface area contributed by atoms with Crippen molar-refractivity contribution in [2.75, 3.05) is 13.6 Å². The Morgan fingerprint density at radius 2 is 2.22 bits per heavy atom. The lowest BCUT2D eigenvalue weighted by molar-refractivity contribution is 0.198. The molecule has 9 heavy (non-hydrogen) atoms.